The predicted octanol–water partition coefficient (Wildman–Crippen LogP) is 4.91. The molecule has 3 rings (SSSR count). The predicted molar refractivity (Wildman–Crippen MR) is 80.2 cm³/mol. The van der Waals surface area contributed by atoms with Gasteiger partial charge in [0.05, 0.1) is 22.6 Å². The van der Waals surface area contributed by atoms with Crippen LogP contribution in [0.3, 0.4) is 0 Å². The SMILES string of the molecule is Cc1ccc(Cn2c(=S)[nH]c3cc(Cl)c(F)cc32)s1. The van der Waals surface area contributed by atoms with E-state index in [-0.39, 0.29) is 5.02 Å². The van der Waals surface area contributed by atoms with Gasteiger partial charge in [0, 0.05) is 15.8 Å². The number of aryl methyl sites for hydroxylation is 1. The lowest BCUT2D eigenvalue weighted by Gasteiger charge is -2.03. The molecule has 19 heavy (non-hydrogen) atoms. The van der Waals surface area contributed by atoms with Gasteiger partial charge in [-0.25, -0.2) is 4.39 Å². The third-order valence-electron chi connectivity index (χ3n) is 2.93. The van der Waals surface area contributed by atoms with Crippen LogP contribution in [0.2, 0.25) is 5.02 Å². The summed E-state index contributed by atoms with van der Waals surface area (Å²) >= 11 is 12.8. The van der Waals surface area contributed by atoms with E-state index in [1.165, 1.54) is 15.8 Å². The minimum atomic E-state index is -0.431. The van der Waals surface area contributed by atoms with Gasteiger partial charge in [0.25, 0.3) is 0 Å². The van der Waals surface area contributed by atoms with Gasteiger partial charge in [-0.1, -0.05) is 11.6 Å². The van der Waals surface area contributed by atoms with E-state index in [0.717, 1.165) is 11.0 Å². The fraction of sp³-hybridized carbons (Fsp3) is 0.154. The summed E-state index contributed by atoms with van der Waals surface area (Å²) in [6.07, 6.45) is 0. The number of thiophene rings is 1. The first-order valence-electron chi connectivity index (χ1n) is 5.67. The molecule has 1 aromatic carbocycles. The van der Waals surface area contributed by atoms with Gasteiger partial charge in [0.1, 0.15) is 5.82 Å². The molecule has 0 saturated heterocycles. The van der Waals surface area contributed by atoms with E-state index >= 15 is 0 Å². The van der Waals surface area contributed by atoms with Gasteiger partial charge in [0.15, 0.2) is 4.77 Å². The van der Waals surface area contributed by atoms with Crippen LogP contribution >= 0.6 is 35.2 Å². The summed E-state index contributed by atoms with van der Waals surface area (Å²) in [7, 11) is 0. The van der Waals surface area contributed by atoms with E-state index < -0.39 is 5.82 Å². The number of nitrogens with zero attached hydrogens (tertiary/aromatic N) is 1. The molecule has 2 heterocycles. The summed E-state index contributed by atoms with van der Waals surface area (Å²) in [4.78, 5) is 5.48. The summed E-state index contributed by atoms with van der Waals surface area (Å²) < 4.78 is 16.0. The molecule has 1 N–H and O–H groups in total. The van der Waals surface area contributed by atoms with Crippen LogP contribution in [0.15, 0.2) is 24.3 Å². The lowest BCUT2D eigenvalue weighted by molar-refractivity contribution is 0.629. The smallest absolute Gasteiger partial charge is 0.178 e. The maximum absolute atomic E-state index is 13.6. The second kappa shape index (κ2) is 4.74. The molecule has 98 valence electrons. The third-order valence-corrected chi connectivity index (χ3v) is 4.52. The Morgan fingerprint density at radius 3 is 2.89 bits per heavy atom. The maximum Gasteiger partial charge on any atom is 0.178 e. The number of benzene rings is 1. The average Bonchev–Trinajstić information content (AvgIpc) is 2.87. The van der Waals surface area contributed by atoms with Crippen molar-refractivity contribution in [2.45, 2.75) is 13.5 Å². The second-order valence-corrected chi connectivity index (χ2v) is 6.48. The molecular formula is C13H10ClFN2S2. The minimum absolute atomic E-state index is 0.0999. The summed E-state index contributed by atoms with van der Waals surface area (Å²) in [6, 6.07) is 7.12. The number of rotatable bonds is 2. The van der Waals surface area contributed by atoms with Crippen LogP contribution in [0.4, 0.5) is 4.39 Å². The van der Waals surface area contributed by atoms with Crippen LogP contribution in [0.5, 0.6) is 0 Å². The van der Waals surface area contributed by atoms with E-state index in [9.17, 15) is 4.39 Å². The summed E-state index contributed by atoms with van der Waals surface area (Å²) in [5.74, 6) is -0.431. The van der Waals surface area contributed by atoms with Crippen LogP contribution in [0, 0.1) is 17.5 Å². The van der Waals surface area contributed by atoms with Gasteiger partial charge in [-0.15, -0.1) is 11.3 Å². The Kier molecular flexibility index (Phi) is 3.20. The number of nitrogens with one attached hydrogen (secondary N) is 1. The number of hydrogen-bond donors (Lipinski definition) is 1. The Morgan fingerprint density at radius 2 is 2.21 bits per heavy atom. The van der Waals surface area contributed by atoms with Gasteiger partial charge in [-0.3, -0.25) is 0 Å². The molecule has 2 nitrogen and oxygen atoms in total. The zero-order valence-corrected chi connectivity index (χ0v) is 12.4. The zero-order chi connectivity index (χ0) is 13.6. The first-order chi connectivity index (χ1) is 9.04. The topological polar surface area (TPSA) is 20.7 Å². The van der Waals surface area contributed by atoms with Crippen molar-refractivity contribution in [1.29, 1.82) is 0 Å². The fourth-order valence-corrected chi connectivity index (χ4v) is 3.35. The number of aromatic nitrogens is 2. The Bertz CT molecular complexity index is 816. The van der Waals surface area contributed by atoms with Crippen LogP contribution < -0.4 is 0 Å². The molecule has 0 amide bonds. The Morgan fingerprint density at radius 1 is 1.42 bits per heavy atom. The van der Waals surface area contributed by atoms with Crippen molar-refractivity contribution in [3.63, 3.8) is 0 Å². The Labute approximate surface area is 123 Å². The molecular weight excluding hydrogens is 303 g/mol. The van der Waals surface area contributed by atoms with Crippen LogP contribution in [-0.4, -0.2) is 9.55 Å². The molecule has 0 fully saturated rings. The highest BCUT2D eigenvalue weighted by Gasteiger charge is 2.10. The molecule has 0 aliphatic rings. The molecule has 0 bridgehead atoms. The van der Waals surface area contributed by atoms with E-state index in [1.54, 1.807) is 17.4 Å². The maximum atomic E-state index is 13.6. The highest BCUT2D eigenvalue weighted by Crippen LogP contribution is 2.24. The normalized spacial score (nSPS) is 11.3. The van der Waals surface area contributed by atoms with Gasteiger partial charge in [-0.05, 0) is 37.3 Å². The highest BCUT2D eigenvalue weighted by molar-refractivity contribution is 7.71. The molecule has 0 aliphatic carbocycles. The van der Waals surface area contributed by atoms with Crippen molar-refractivity contribution in [2.24, 2.45) is 0 Å². The van der Waals surface area contributed by atoms with Gasteiger partial charge < -0.3 is 9.55 Å². The highest BCUT2D eigenvalue weighted by atomic mass is 35.5. The Hall–Kier alpha value is -1.17. The molecule has 2 aromatic heterocycles. The van der Waals surface area contributed by atoms with Crippen LogP contribution in [0.1, 0.15) is 9.75 Å². The summed E-state index contributed by atoms with van der Waals surface area (Å²) in [5, 5.41) is 0.0999. The summed E-state index contributed by atoms with van der Waals surface area (Å²) in [6.45, 7) is 2.69. The molecule has 0 atom stereocenters. The molecule has 0 aliphatic heterocycles. The number of imidazole rings is 1. The molecule has 0 spiro atoms. The molecule has 6 heteroatoms. The van der Waals surface area contributed by atoms with Crippen molar-refractivity contribution in [3.8, 4) is 0 Å². The number of aromatic amines is 1. The van der Waals surface area contributed by atoms with Gasteiger partial charge >= 0.3 is 0 Å². The monoisotopic (exact) mass is 312 g/mol. The number of H-pyrrole nitrogens is 1. The largest absolute Gasteiger partial charge is 0.331 e. The van der Waals surface area contributed by atoms with E-state index in [4.69, 9.17) is 23.8 Å². The lowest BCUT2D eigenvalue weighted by Crippen LogP contribution is -1.97. The Balaban J connectivity index is 2.15. The molecule has 0 saturated carbocycles. The van der Waals surface area contributed by atoms with Crippen molar-refractivity contribution >= 4 is 46.2 Å². The first-order valence-corrected chi connectivity index (χ1v) is 7.28. The van der Waals surface area contributed by atoms with E-state index in [1.807, 2.05) is 4.57 Å². The van der Waals surface area contributed by atoms with Gasteiger partial charge in [0.2, 0.25) is 0 Å². The van der Waals surface area contributed by atoms with E-state index in [0.29, 0.717) is 11.3 Å². The first kappa shape index (κ1) is 12.8. The van der Waals surface area contributed by atoms with Gasteiger partial charge in [-0.2, -0.15) is 0 Å². The number of halogens is 2. The van der Waals surface area contributed by atoms with Crippen LogP contribution in [0.25, 0.3) is 11.0 Å². The molecule has 0 radical (unpaired) electrons. The van der Waals surface area contributed by atoms with Crippen molar-refractivity contribution in [1.82, 2.24) is 9.55 Å². The minimum Gasteiger partial charge on any atom is -0.331 e. The van der Waals surface area contributed by atoms with Crippen molar-refractivity contribution in [3.05, 3.63) is 49.6 Å². The zero-order valence-electron chi connectivity index (χ0n) is 10.0. The van der Waals surface area contributed by atoms with Crippen molar-refractivity contribution in [2.75, 3.05) is 0 Å². The average molecular weight is 313 g/mol. The standard InChI is InChI=1S/C13H10ClFN2S2/c1-7-2-3-8(19-7)6-17-12-5-10(15)9(14)4-11(12)16-13(17)18/h2-5H,6H2,1H3,(H,16,18). The van der Waals surface area contributed by atoms with E-state index in [2.05, 4.69) is 24.0 Å². The summed E-state index contributed by atoms with van der Waals surface area (Å²) in [5.41, 5.74) is 1.49. The van der Waals surface area contributed by atoms with Crippen LogP contribution in [-0.2, 0) is 6.54 Å². The third kappa shape index (κ3) is 2.33. The quantitative estimate of drug-likeness (QED) is 0.667. The lowest BCUT2D eigenvalue weighted by atomic mass is 10.3. The second-order valence-electron chi connectivity index (χ2n) is 4.31. The molecule has 3 aromatic rings. The molecule has 0 unspecified atom stereocenters. The fourth-order valence-electron chi connectivity index (χ4n) is 2.03. The number of fused-ring (bicyclic) bond motifs is 1. The van der Waals surface area contributed by atoms with Crippen molar-refractivity contribution < 1.29 is 4.39 Å². The number of hydrogen-bond acceptors (Lipinski definition) is 2.